The first-order valence-electron chi connectivity index (χ1n) is 26.1. The second kappa shape index (κ2) is 27.4. The average molecular weight is 1110 g/mol. The van der Waals surface area contributed by atoms with Gasteiger partial charge in [0.15, 0.2) is 0 Å². The van der Waals surface area contributed by atoms with Gasteiger partial charge in [-0.3, -0.25) is 28.8 Å². The number of anilines is 3. The number of thioether (sulfide) groups is 1. The summed E-state index contributed by atoms with van der Waals surface area (Å²) in [4.78, 5) is 89.6. The molecule has 22 nitrogen and oxygen atoms in total. The van der Waals surface area contributed by atoms with Crippen molar-refractivity contribution in [3.8, 4) is 33.9 Å². The molecule has 0 radical (unpaired) electrons. The molecular weight excluding hydrogens is 1040 g/mol. The van der Waals surface area contributed by atoms with E-state index in [-0.39, 0.29) is 72.4 Å². The molecule has 4 amide bonds. The van der Waals surface area contributed by atoms with Crippen LogP contribution in [0.1, 0.15) is 50.5 Å². The maximum absolute atomic E-state index is 13.1. The fraction of sp³-hybridized carbons (Fsp3) is 0.429. The molecule has 3 aromatic rings. The van der Waals surface area contributed by atoms with Crippen molar-refractivity contribution in [2.75, 3.05) is 101 Å². The topological polar surface area (TPSA) is 293 Å². The Morgan fingerprint density at radius 2 is 1.37 bits per heavy atom. The molecule has 7 rings (SSSR count). The SMILES string of the molecule is CN(C)c1ccc2c(-c3ccc(N(CC(=O)O)CC(=O)O)c(OCCOc4ccc(CC(=O)NCCCCCNC(=O)CCCCC5SCC6NC(=O)NC65)cc4N(CC(=O)O)CC(=O)O)c3)c3ccc(=[N+](C)C)cc-3oc2c1. The van der Waals surface area contributed by atoms with Crippen LogP contribution < -0.4 is 55.4 Å². The van der Waals surface area contributed by atoms with Gasteiger partial charge in [0.05, 0.1) is 35.9 Å². The third kappa shape index (κ3) is 16.2. The van der Waals surface area contributed by atoms with Gasteiger partial charge in [0.1, 0.15) is 76.3 Å². The minimum atomic E-state index is -1.31. The average Bonchev–Trinajstić information content (AvgIpc) is 4.05. The standard InChI is InChI=1S/C56H68N8O14S/c1-61(2)36-14-16-38-44(27-36)78-45-28-37(62(3)4)15-17-39(45)54(38)35-13-18-41(63(29-50(67)68)30-51(69)70)46(26-35)77-23-22-76-43-19-12-34(24-42(43)64(31-52(71)72)32-53(73)74)25-49(66)58-21-9-5-8-20-57-48(65)11-7-6-10-47-55-40(33-79-47)59-56(75)60-55/h12-19,24,26-28,40,47,55H,5-11,20-23,25,29-33H2,1-4H3,(H7-,57,58,59,60,65,66,67,68,69,70,71,72,73,74,75)/p+1. The number of benzene rings is 4. The summed E-state index contributed by atoms with van der Waals surface area (Å²) >= 11 is 1.86. The molecule has 3 atom stereocenters. The summed E-state index contributed by atoms with van der Waals surface area (Å²) in [6, 6.07) is 21.5. The molecule has 3 heterocycles. The highest BCUT2D eigenvalue weighted by Gasteiger charge is 2.42. The first kappa shape index (κ1) is 58.5. The molecule has 0 spiro atoms. The predicted molar refractivity (Wildman–Crippen MR) is 300 cm³/mol. The van der Waals surface area contributed by atoms with Gasteiger partial charge in [0.2, 0.25) is 17.2 Å². The van der Waals surface area contributed by atoms with Gasteiger partial charge in [-0.25, -0.2) is 9.37 Å². The zero-order valence-corrected chi connectivity index (χ0v) is 45.6. The van der Waals surface area contributed by atoms with Gasteiger partial charge in [-0.1, -0.05) is 18.6 Å². The lowest BCUT2D eigenvalue weighted by molar-refractivity contribution is -0.138. The number of urea groups is 1. The normalized spacial score (nSPS) is 15.4. The third-order valence-corrected chi connectivity index (χ3v) is 15.0. The van der Waals surface area contributed by atoms with Crippen LogP contribution in [-0.2, 0) is 35.2 Å². The van der Waals surface area contributed by atoms with E-state index in [0.717, 1.165) is 75.2 Å². The molecule has 8 N–H and O–H groups in total. The van der Waals surface area contributed by atoms with Gasteiger partial charge < -0.3 is 70.3 Å². The summed E-state index contributed by atoms with van der Waals surface area (Å²) in [6.45, 7) is -2.27. The van der Waals surface area contributed by atoms with Gasteiger partial charge in [-0.05, 0) is 85.7 Å². The molecule has 422 valence electrons. The Balaban J connectivity index is 1.01. The van der Waals surface area contributed by atoms with Crippen LogP contribution in [0.2, 0.25) is 0 Å². The van der Waals surface area contributed by atoms with E-state index in [1.54, 1.807) is 24.3 Å². The number of ether oxygens (including phenoxy) is 2. The Hall–Kier alpha value is -8.21. The quantitative estimate of drug-likeness (QED) is 0.0137. The van der Waals surface area contributed by atoms with Crippen LogP contribution in [0, 0.1) is 0 Å². The maximum Gasteiger partial charge on any atom is 0.323 e. The highest BCUT2D eigenvalue weighted by atomic mass is 32.2. The molecule has 23 heteroatoms. The number of hydrogen-bond donors (Lipinski definition) is 8. The molecule has 0 saturated carbocycles. The van der Waals surface area contributed by atoms with Gasteiger partial charge in [-0.2, -0.15) is 11.8 Å². The molecule has 3 aromatic carbocycles. The zero-order valence-electron chi connectivity index (χ0n) is 44.7. The Bertz CT molecular complexity index is 3060. The predicted octanol–water partition coefficient (Wildman–Crippen LogP) is 4.38. The number of nitrogens with one attached hydrogen (secondary N) is 4. The van der Waals surface area contributed by atoms with E-state index in [4.69, 9.17) is 13.9 Å². The summed E-state index contributed by atoms with van der Waals surface area (Å²) < 4.78 is 21.0. The van der Waals surface area contributed by atoms with Crippen LogP contribution in [-0.4, -0.2) is 166 Å². The molecule has 3 unspecified atom stereocenters. The van der Waals surface area contributed by atoms with Gasteiger partial charge in [0, 0.05) is 78.9 Å². The Kier molecular flexibility index (Phi) is 20.3. The molecule has 0 aromatic heterocycles. The number of hydrogen-bond acceptors (Lipinski definition) is 14. The fourth-order valence-electron chi connectivity index (χ4n) is 9.73. The lowest BCUT2D eigenvalue weighted by atomic mass is 9.93. The summed E-state index contributed by atoms with van der Waals surface area (Å²) in [5.41, 5.74) is 4.38. The van der Waals surface area contributed by atoms with E-state index in [2.05, 4.69) is 21.3 Å². The van der Waals surface area contributed by atoms with Crippen molar-refractivity contribution >= 4 is 81.5 Å². The van der Waals surface area contributed by atoms with Crippen LogP contribution in [0.25, 0.3) is 33.4 Å². The van der Waals surface area contributed by atoms with Crippen molar-refractivity contribution in [1.82, 2.24) is 25.8 Å². The van der Waals surface area contributed by atoms with Crippen molar-refractivity contribution in [3.05, 3.63) is 83.7 Å². The van der Waals surface area contributed by atoms with Gasteiger partial charge in [-0.15, -0.1) is 0 Å². The second-order valence-corrected chi connectivity index (χ2v) is 21.2. The van der Waals surface area contributed by atoms with Crippen LogP contribution in [0.15, 0.2) is 77.2 Å². The van der Waals surface area contributed by atoms with Crippen LogP contribution >= 0.6 is 11.8 Å². The van der Waals surface area contributed by atoms with Crippen LogP contribution in [0.5, 0.6) is 11.5 Å². The first-order valence-corrected chi connectivity index (χ1v) is 27.2. The summed E-state index contributed by atoms with van der Waals surface area (Å²) in [5.74, 6) is -3.79. The van der Waals surface area contributed by atoms with Gasteiger partial charge in [0.25, 0.3) is 0 Å². The molecule has 4 aliphatic rings. The smallest absolute Gasteiger partial charge is 0.323 e. The van der Waals surface area contributed by atoms with E-state index in [9.17, 15) is 54.0 Å². The van der Waals surface area contributed by atoms with Crippen LogP contribution in [0.3, 0.4) is 0 Å². The number of carbonyl (C=O) groups is 7. The number of fused-ring (bicyclic) bond motifs is 3. The lowest BCUT2D eigenvalue weighted by Gasteiger charge is -2.26. The first-order chi connectivity index (χ1) is 37.8. The highest BCUT2D eigenvalue weighted by Crippen LogP contribution is 2.44. The Labute approximate surface area is 461 Å². The van der Waals surface area contributed by atoms with Crippen molar-refractivity contribution in [2.45, 2.75) is 68.7 Å². The summed E-state index contributed by atoms with van der Waals surface area (Å²) in [7, 11) is 7.68. The number of carbonyl (C=O) groups excluding carboxylic acids is 3. The van der Waals surface area contributed by atoms with Crippen LogP contribution in [0.4, 0.5) is 21.9 Å². The largest absolute Gasteiger partial charge is 0.488 e. The Morgan fingerprint density at radius 3 is 2.03 bits per heavy atom. The third-order valence-electron chi connectivity index (χ3n) is 13.5. The number of nitrogens with zero attached hydrogens (tertiary/aromatic N) is 4. The van der Waals surface area contributed by atoms with Crippen molar-refractivity contribution in [1.29, 1.82) is 0 Å². The number of carboxylic acids is 4. The number of rotatable bonds is 30. The van der Waals surface area contributed by atoms with Crippen molar-refractivity contribution in [3.63, 3.8) is 0 Å². The molecular formula is C56H69N8O14S+. The molecule has 2 fully saturated rings. The number of unbranched alkanes of at least 4 members (excludes halogenated alkanes) is 3. The van der Waals surface area contributed by atoms with E-state index < -0.39 is 50.1 Å². The van der Waals surface area contributed by atoms with Crippen molar-refractivity contribution in [2.24, 2.45) is 0 Å². The highest BCUT2D eigenvalue weighted by molar-refractivity contribution is 8.00. The van der Waals surface area contributed by atoms with Crippen molar-refractivity contribution < 1.29 is 67.9 Å². The molecule has 2 saturated heterocycles. The number of aliphatic carboxylic acids is 4. The van der Waals surface area contributed by atoms with Gasteiger partial charge >= 0.3 is 29.9 Å². The van der Waals surface area contributed by atoms with E-state index in [0.29, 0.717) is 53.7 Å². The zero-order chi connectivity index (χ0) is 56.8. The summed E-state index contributed by atoms with van der Waals surface area (Å²) in [5, 5.41) is 53.1. The Morgan fingerprint density at radius 1 is 0.709 bits per heavy atom. The molecule has 0 bridgehead atoms. The molecule has 79 heavy (non-hydrogen) atoms. The second-order valence-electron chi connectivity index (χ2n) is 19.9. The maximum atomic E-state index is 13.1. The summed E-state index contributed by atoms with van der Waals surface area (Å²) in [6.07, 6.45) is 5.08. The minimum Gasteiger partial charge on any atom is -0.488 e. The minimum absolute atomic E-state index is 0.00600. The lowest BCUT2D eigenvalue weighted by Crippen LogP contribution is -2.36. The number of amides is 4. The van der Waals surface area contributed by atoms with E-state index >= 15 is 0 Å². The molecule has 3 aliphatic heterocycles. The van der Waals surface area contributed by atoms with E-state index in [1.165, 1.54) is 12.1 Å². The number of carboxylic acid groups (broad SMARTS) is 4. The van der Waals surface area contributed by atoms with E-state index in [1.807, 2.05) is 85.8 Å². The fourth-order valence-corrected chi connectivity index (χ4v) is 11.3. The molecule has 1 aliphatic carbocycles. The monoisotopic (exact) mass is 1110 g/mol.